The zero-order chi connectivity index (χ0) is 17.4. The van der Waals surface area contributed by atoms with E-state index in [0.29, 0.717) is 16.9 Å². The number of anilines is 2. The molecular formula is C17H18ClN5OS. The lowest BCUT2D eigenvalue weighted by Gasteiger charge is -2.33. The number of hydrogen-bond acceptors (Lipinski definition) is 7. The summed E-state index contributed by atoms with van der Waals surface area (Å²) in [7, 11) is 0. The molecule has 0 radical (unpaired) electrons. The summed E-state index contributed by atoms with van der Waals surface area (Å²) in [6, 6.07) is 8.02. The molecule has 0 unspecified atom stereocenters. The Kier molecular flexibility index (Phi) is 4.35. The molecular weight excluding hydrogens is 358 g/mol. The number of hydrogen-bond donors (Lipinski definition) is 0. The zero-order valence-corrected chi connectivity index (χ0v) is 15.6. The highest BCUT2D eigenvalue weighted by Crippen LogP contribution is 2.27. The minimum Gasteiger partial charge on any atom is -0.345 e. The molecule has 1 aliphatic rings. The number of rotatable bonds is 3. The van der Waals surface area contributed by atoms with Gasteiger partial charge in [0.15, 0.2) is 5.13 Å². The summed E-state index contributed by atoms with van der Waals surface area (Å²) >= 11 is 7.78. The molecule has 0 amide bonds. The molecule has 0 N–H and O–H groups in total. The van der Waals surface area contributed by atoms with Gasteiger partial charge in [-0.05, 0) is 26.0 Å². The average molecular weight is 376 g/mol. The number of aryl methyl sites for hydroxylation is 2. The van der Waals surface area contributed by atoms with Crippen molar-refractivity contribution in [1.82, 2.24) is 15.1 Å². The Morgan fingerprint density at radius 3 is 2.52 bits per heavy atom. The van der Waals surface area contributed by atoms with E-state index in [-0.39, 0.29) is 0 Å². The maximum absolute atomic E-state index is 6.03. The van der Waals surface area contributed by atoms with Gasteiger partial charge in [0.2, 0.25) is 5.82 Å². The van der Waals surface area contributed by atoms with Crippen LogP contribution in [0.2, 0.25) is 5.02 Å². The lowest BCUT2D eigenvalue weighted by molar-refractivity contribution is 0.409. The summed E-state index contributed by atoms with van der Waals surface area (Å²) in [4.78, 5) is 14.9. The fraction of sp³-hybridized carbons (Fsp3) is 0.353. The van der Waals surface area contributed by atoms with Crippen LogP contribution in [0.15, 0.2) is 28.8 Å². The van der Waals surface area contributed by atoms with Crippen molar-refractivity contribution in [3.63, 3.8) is 0 Å². The van der Waals surface area contributed by atoms with Gasteiger partial charge in [0.05, 0.1) is 5.69 Å². The Morgan fingerprint density at radius 2 is 1.84 bits per heavy atom. The lowest BCUT2D eigenvalue weighted by atomic mass is 10.2. The Hall–Kier alpha value is -2.12. The summed E-state index contributed by atoms with van der Waals surface area (Å²) in [6.45, 7) is 7.61. The van der Waals surface area contributed by atoms with Crippen LogP contribution in [0.25, 0.3) is 11.4 Å². The molecule has 1 fully saturated rings. The first-order valence-corrected chi connectivity index (χ1v) is 9.33. The molecule has 3 aromatic rings. The standard InChI is InChI=1S/C17H18ClN5OS/c1-11-12(2)25-17(19-11)23-8-6-22(7-9-23)16-20-15(21-24-16)13-4-3-5-14(18)10-13/h3-5,10H,6-9H2,1-2H3. The summed E-state index contributed by atoms with van der Waals surface area (Å²) in [5.74, 6) is 0.561. The highest BCUT2D eigenvalue weighted by Gasteiger charge is 2.23. The van der Waals surface area contributed by atoms with Gasteiger partial charge in [-0.2, -0.15) is 4.98 Å². The number of piperazine rings is 1. The third kappa shape index (κ3) is 3.34. The predicted octanol–water partition coefficient (Wildman–Crippen LogP) is 3.79. The van der Waals surface area contributed by atoms with Crippen LogP contribution >= 0.6 is 22.9 Å². The van der Waals surface area contributed by atoms with Gasteiger partial charge < -0.3 is 14.3 Å². The van der Waals surface area contributed by atoms with Gasteiger partial charge in [0.25, 0.3) is 0 Å². The molecule has 0 atom stereocenters. The van der Waals surface area contributed by atoms with Crippen molar-refractivity contribution < 1.29 is 4.52 Å². The summed E-state index contributed by atoms with van der Waals surface area (Å²) < 4.78 is 5.45. The quantitative estimate of drug-likeness (QED) is 0.694. The van der Waals surface area contributed by atoms with E-state index in [1.165, 1.54) is 4.88 Å². The molecule has 1 saturated heterocycles. The molecule has 0 spiro atoms. The first-order chi connectivity index (χ1) is 12.1. The van der Waals surface area contributed by atoms with Crippen LogP contribution in [0.5, 0.6) is 0 Å². The number of aromatic nitrogens is 3. The second kappa shape index (κ2) is 6.65. The largest absolute Gasteiger partial charge is 0.345 e. The predicted molar refractivity (Wildman–Crippen MR) is 101 cm³/mol. The summed E-state index contributed by atoms with van der Waals surface area (Å²) in [5.41, 5.74) is 1.97. The third-order valence-electron chi connectivity index (χ3n) is 4.34. The van der Waals surface area contributed by atoms with Crippen molar-refractivity contribution in [3.05, 3.63) is 39.9 Å². The van der Waals surface area contributed by atoms with Crippen LogP contribution in [0.3, 0.4) is 0 Å². The summed E-state index contributed by atoms with van der Waals surface area (Å²) in [6.07, 6.45) is 0. The molecule has 8 heteroatoms. The molecule has 0 bridgehead atoms. The van der Waals surface area contributed by atoms with Gasteiger partial charge in [-0.1, -0.05) is 28.9 Å². The average Bonchev–Trinajstić information content (AvgIpc) is 3.23. The lowest BCUT2D eigenvalue weighted by Crippen LogP contribution is -2.46. The van der Waals surface area contributed by atoms with Gasteiger partial charge >= 0.3 is 6.01 Å². The topological polar surface area (TPSA) is 58.3 Å². The van der Waals surface area contributed by atoms with Gasteiger partial charge in [-0.3, -0.25) is 0 Å². The van der Waals surface area contributed by atoms with Crippen molar-refractivity contribution in [3.8, 4) is 11.4 Å². The van der Waals surface area contributed by atoms with Crippen LogP contribution in [0.1, 0.15) is 10.6 Å². The monoisotopic (exact) mass is 375 g/mol. The molecule has 6 nitrogen and oxygen atoms in total. The summed E-state index contributed by atoms with van der Waals surface area (Å²) in [5, 5.41) is 5.84. The van der Waals surface area contributed by atoms with Crippen LogP contribution in [0.4, 0.5) is 11.1 Å². The number of thiazole rings is 1. The Morgan fingerprint density at radius 1 is 1.08 bits per heavy atom. The van der Waals surface area contributed by atoms with Gasteiger partial charge in [-0.15, -0.1) is 11.3 Å². The van der Waals surface area contributed by atoms with Crippen LogP contribution in [0, 0.1) is 13.8 Å². The smallest absolute Gasteiger partial charge is 0.324 e. The van der Waals surface area contributed by atoms with Crippen LogP contribution in [-0.2, 0) is 0 Å². The molecule has 3 heterocycles. The molecule has 1 aliphatic heterocycles. The molecule has 25 heavy (non-hydrogen) atoms. The Labute approximate surface area is 155 Å². The molecule has 4 rings (SSSR count). The Bertz CT molecular complexity index is 865. The van der Waals surface area contributed by atoms with Crippen LogP contribution in [-0.4, -0.2) is 41.3 Å². The van der Waals surface area contributed by atoms with Gasteiger partial charge in [-0.25, -0.2) is 4.98 Å². The molecule has 2 aromatic heterocycles. The maximum Gasteiger partial charge on any atom is 0.324 e. The fourth-order valence-electron chi connectivity index (χ4n) is 2.77. The normalized spacial score (nSPS) is 15.0. The van der Waals surface area contributed by atoms with Gasteiger partial charge in [0, 0.05) is 41.6 Å². The van der Waals surface area contributed by atoms with E-state index >= 15 is 0 Å². The minimum absolute atomic E-state index is 0.557. The second-order valence-electron chi connectivity index (χ2n) is 6.02. The highest BCUT2D eigenvalue weighted by atomic mass is 35.5. The van der Waals surface area contributed by atoms with E-state index in [4.69, 9.17) is 16.1 Å². The highest BCUT2D eigenvalue weighted by molar-refractivity contribution is 7.15. The van der Waals surface area contributed by atoms with Crippen molar-refractivity contribution >= 4 is 34.1 Å². The van der Waals surface area contributed by atoms with Gasteiger partial charge in [0.1, 0.15) is 0 Å². The van der Waals surface area contributed by atoms with Crippen molar-refractivity contribution in [2.45, 2.75) is 13.8 Å². The minimum atomic E-state index is 0.557. The number of halogens is 1. The first kappa shape index (κ1) is 16.4. The molecule has 0 aliphatic carbocycles. The number of benzene rings is 1. The van der Waals surface area contributed by atoms with E-state index in [1.807, 2.05) is 24.3 Å². The van der Waals surface area contributed by atoms with E-state index in [9.17, 15) is 0 Å². The van der Waals surface area contributed by atoms with E-state index < -0.39 is 0 Å². The third-order valence-corrected chi connectivity index (χ3v) is 5.70. The zero-order valence-electron chi connectivity index (χ0n) is 14.1. The first-order valence-electron chi connectivity index (χ1n) is 8.14. The Balaban J connectivity index is 1.44. The maximum atomic E-state index is 6.03. The molecule has 1 aromatic carbocycles. The van der Waals surface area contributed by atoms with Crippen LogP contribution < -0.4 is 9.80 Å². The van der Waals surface area contributed by atoms with E-state index in [0.717, 1.165) is 42.6 Å². The van der Waals surface area contributed by atoms with Crippen molar-refractivity contribution in [1.29, 1.82) is 0 Å². The molecule has 130 valence electrons. The van der Waals surface area contributed by atoms with E-state index in [1.54, 1.807) is 11.3 Å². The molecule has 0 saturated carbocycles. The second-order valence-corrected chi connectivity index (χ2v) is 7.64. The number of nitrogens with zero attached hydrogens (tertiary/aromatic N) is 5. The van der Waals surface area contributed by atoms with Crippen molar-refractivity contribution in [2.24, 2.45) is 0 Å². The van der Waals surface area contributed by atoms with Crippen molar-refractivity contribution in [2.75, 3.05) is 36.0 Å². The SMILES string of the molecule is Cc1nc(N2CCN(c3nc(-c4cccc(Cl)c4)no3)CC2)sc1C. The fourth-order valence-corrected chi connectivity index (χ4v) is 3.92. The van der Waals surface area contributed by atoms with E-state index in [2.05, 4.69) is 38.8 Å².